The van der Waals surface area contributed by atoms with Crippen LogP contribution >= 0.6 is 0 Å². The van der Waals surface area contributed by atoms with E-state index in [-0.39, 0.29) is 30.0 Å². The van der Waals surface area contributed by atoms with Gasteiger partial charge in [-0.3, -0.25) is 9.59 Å². The smallest absolute Gasteiger partial charge is 0.254 e. The minimum Gasteiger partial charge on any atom is -0.475 e. The first-order chi connectivity index (χ1) is 15.5. The first-order valence-electron chi connectivity index (χ1n) is 10.3. The van der Waals surface area contributed by atoms with Crippen LogP contribution in [-0.4, -0.2) is 36.6 Å². The van der Waals surface area contributed by atoms with Gasteiger partial charge in [-0.05, 0) is 36.1 Å². The summed E-state index contributed by atoms with van der Waals surface area (Å²) in [6.45, 7) is 0.564. The van der Waals surface area contributed by atoms with Crippen LogP contribution in [0.3, 0.4) is 0 Å². The number of allylic oxidation sites excluding steroid dienone is 2. The van der Waals surface area contributed by atoms with E-state index in [0.29, 0.717) is 24.1 Å². The van der Waals surface area contributed by atoms with Gasteiger partial charge in [0.15, 0.2) is 0 Å². The van der Waals surface area contributed by atoms with Crippen molar-refractivity contribution in [1.82, 2.24) is 4.90 Å². The zero-order valence-electron chi connectivity index (χ0n) is 17.6. The molecule has 1 aliphatic heterocycles. The molecule has 0 radical (unpaired) electrons. The fourth-order valence-electron chi connectivity index (χ4n) is 3.79. The summed E-state index contributed by atoms with van der Waals surface area (Å²) < 4.78 is 33.4. The maximum absolute atomic E-state index is 14.0. The number of ether oxygens (including phenoxy) is 1. The molecule has 1 amide bonds. The molecule has 2 aromatic rings. The van der Waals surface area contributed by atoms with Crippen molar-refractivity contribution in [3.63, 3.8) is 0 Å². The van der Waals surface area contributed by atoms with Crippen LogP contribution in [0.5, 0.6) is 0 Å². The molecule has 0 aromatic heterocycles. The van der Waals surface area contributed by atoms with E-state index >= 15 is 0 Å². The molecule has 1 atom stereocenters. The van der Waals surface area contributed by atoms with Crippen LogP contribution in [0.2, 0.25) is 0 Å². The summed E-state index contributed by atoms with van der Waals surface area (Å²) in [4.78, 5) is 29.9. The third kappa shape index (κ3) is 4.37. The van der Waals surface area contributed by atoms with Gasteiger partial charge in [-0.2, -0.15) is 0 Å². The molecule has 0 saturated heterocycles. The number of halogens is 2. The molecule has 0 bridgehead atoms. The highest BCUT2D eigenvalue weighted by atomic mass is 19.1. The summed E-state index contributed by atoms with van der Waals surface area (Å²) in [5, 5.41) is 0. The number of aliphatic imine (C=N–C) groups is 1. The van der Waals surface area contributed by atoms with Gasteiger partial charge in [0.05, 0.1) is 0 Å². The van der Waals surface area contributed by atoms with E-state index < -0.39 is 11.6 Å². The van der Waals surface area contributed by atoms with E-state index in [1.165, 1.54) is 18.2 Å². The number of likely N-dealkylation sites (N-methyl/N-ethyl adjacent to an activating group) is 1. The van der Waals surface area contributed by atoms with Gasteiger partial charge < -0.3 is 9.64 Å². The summed E-state index contributed by atoms with van der Waals surface area (Å²) in [5.41, 5.74) is 2.46. The highest BCUT2D eigenvalue weighted by Gasteiger charge is 2.26. The van der Waals surface area contributed by atoms with Crippen molar-refractivity contribution < 1.29 is 23.1 Å². The maximum atomic E-state index is 14.0. The minimum atomic E-state index is -0.715. The number of rotatable bonds is 6. The SMILES string of the molecule is CN(Cc1ccc(C2COC(c3c(F)cccc3F)=N2)cc1)C(=O)C1=C(C=O)CCC=C1. The van der Waals surface area contributed by atoms with E-state index in [1.54, 1.807) is 18.0 Å². The molecule has 1 aliphatic carbocycles. The number of nitrogens with zero attached hydrogens (tertiary/aromatic N) is 2. The van der Waals surface area contributed by atoms with Gasteiger partial charge >= 0.3 is 0 Å². The second kappa shape index (κ2) is 9.26. The molecule has 0 N–H and O–H groups in total. The van der Waals surface area contributed by atoms with Crippen LogP contribution in [-0.2, 0) is 20.9 Å². The summed E-state index contributed by atoms with van der Waals surface area (Å²) in [6.07, 6.45) is 5.70. The number of benzene rings is 2. The van der Waals surface area contributed by atoms with Crippen LogP contribution in [0.15, 0.2) is 70.8 Å². The van der Waals surface area contributed by atoms with E-state index in [1.807, 2.05) is 30.3 Å². The molecule has 32 heavy (non-hydrogen) atoms. The summed E-state index contributed by atoms with van der Waals surface area (Å²) in [6, 6.07) is 10.7. The Balaban J connectivity index is 1.45. The topological polar surface area (TPSA) is 59.0 Å². The molecule has 2 aliphatic rings. The van der Waals surface area contributed by atoms with Gasteiger partial charge in [-0.15, -0.1) is 0 Å². The number of amides is 1. The first kappa shape index (κ1) is 21.6. The van der Waals surface area contributed by atoms with Gasteiger partial charge in [-0.1, -0.05) is 42.5 Å². The first-order valence-corrected chi connectivity index (χ1v) is 10.3. The normalized spacial score (nSPS) is 17.7. The van der Waals surface area contributed by atoms with Crippen molar-refractivity contribution in [3.8, 4) is 0 Å². The lowest BCUT2D eigenvalue weighted by atomic mass is 9.97. The van der Waals surface area contributed by atoms with Crippen molar-refractivity contribution in [2.45, 2.75) is 25.4 Å². The molecule has 0 fully saturated rings. The Kier molecular flexibility index (Phi) is 6.25. The Morgan fingerprint density at radius 2 is 1.91 bits per heavy atom. The van der Waals surface area contributed by atoms with Gasteiger partial charge in [0.2, 0.25) is 5.90 Å². The van der Waals surface area contributed by atoms with Crippen LogP contribution in [0.1, 0.15) is 35.6 Å². The molecule has 4 rings (SSSR count). The van der Waals surface area contributed by atoms with Gasteiger partial charge in [0.1, 0.15) is 36.1 Å². The van der Waals surface area contributed by atoms with Crippen LogP contribution < -0.4 is 0 Å². The van der Waals surface area contributed by atoms with Gasteiger partial charge in [-0.25, -0.2) is 13.8 Å². The maximum Gasteiger partial charge on any atom is 0.254 e. The molecule has 5 nitrogen and oxygen atoms in total. The molecular formula is C25H22F2N2O3. The molecular weight excluding hydrogens is 414 g/mol. The fraction of sp³-hybridized carbons (Fsp3) is 0.240. The Labute approximate surface area is 184 Å². The highest BCUT2D eigenvalue weighted by Crippen LogP contribution is 2.27. The number of carbonyl (C=O) groups is 2. The molecule has 7 heteroatoms. The Morgan fingerprint density at radius 1 is 1.19 bits per heavy atom. The third-order valence-electron chi connectivity index (χ3n) is 5.54. The lowest BCUT2D eigenvalue weighted by Gasteiger charge is -2.20. The molecule has 1 unspecified atom stereocenters. The summed E-state index contributed by atoms with van der Waals surface area (Å²) in [5.74, 6) is -1.67. The number of hydrogen-bond donors (Lipinski definition) is 0. The Hall–Kier alpha value is -3.61. The summed E-state index contributed by atoms with van der Waals surface area (Å²) >= 11 is 0. The Morgan fingerprint density at radius 3 is 2.59 bits per heavy atom. The summed E-state index contributed by atoms with van der Waals surface area (Å²) in [7, 11) is 1.69. The number of aldehydes is 1. The molecule has 0 spiro atoms. The third-order valence-corrected chi connectivity index (χ3v) is 5.54. The second-order valence-electron chi connectivity index (χ2n) is 7.76. The van der Waals surface area contributed by atoms with E-state index in [2.05, 4.69) is 4.99 Å². The van der Waals surface area contributed by atoms with Crippen LogP contribution in [0, 0.1) is 11.6 Å². The predicted octanol–water partition coefficient (Wildman–Crippen LogP) is 4.29. The van der Waals surface area contributed by atoms with E-state index in [0.717, 1.165) is 23.8 Å². The van der Waals surface area contributed by atoms with Crippen molar-refractivity contribution >= 4 is 18.1 Å². The van der Waals surface area contributed by atoms with Crippen molar-refractivity contribution in [2.24, 2.45) is 4.99 Å². The number of carbonyl (C=O) groups excluding carboxylic acids is 2. The molecule has 1 heterocycles. The average molecular weight is 436 g/mol. The second-order valence-corrected chi connectivity index (χ2v) is 7.76. The molecule has 164 valence electrons. The zero-order valence-corrected chi connectivity index (χ0v) is 17.6. The standard InChI is InChI=1S/C25H22F2N2O3/c1-29(25(31)19-6-3-2-5-18(19)14-30)13-16-9-11-17(12-10-16)22-15-32-24(28-22)23-20(26)7-4-8-21(23)27/h3-4,6-12,14,22H,2,5,13,15H2,1H3. The number of hydrogen-bond acceptors (Lipinski definition) is 4. The Bertz CT molecular complexity index is 1120. The highest BCUT2D eigenvalue weighted by molar-refractivity contribution is 6.01. The van der Waals surface area contributed by atoms with Crippen molar-refractivity contribution in [2.75, 3.05) is 13.7 Å². The molecule has 0 saturated carbocycles. The van der Waals surface area contributed by atoms with Gasteiger partial charge in [0, 0.05) is 24.7 Å². The van der Waals surface area contributed by atoms with E-state index in [4.69, 9.17) is 4.74 Å². The largest absolute Gasteiger partial charge is 0.475 e. The van der Waals surface area contributed by atoms with E-state index in [9.17, 15) is 18.4 Å². The zero-order chi connectivity index (χ0) is 22.7. The van der Waals surface area contributed by atoms with Crippen LogP contribution in [0.4, 0.5) is 8.78 Å². The predicted molar refractivity (Wildman–Crippen MR) is 116 cm³/mol. The van der Waals surface area contributed by atoms with Crippen LogP contribution in [0.25, 0.3) is 0 Å². The molecule has 2 aromatic carbocycles. The van der Waals surface area contributed by atoms with Gasteiger partial charge in [0.25, 0.3) is 5.91 Å². The average Bonchev–Trinajstić information content (AvgIpc) is 3.28. The van der Waals surface area contributed by atoms with Crippen molar-refractivity contribution in [1.29, 1.82) is 0 Å². The lowest BCUT2D eigenvalue weighted by molar-refractivity contribution is -0.126. The monoisotopic (exact) mass is 436 g/mol. The quantitative estimate of drug-likeness (QED) is 0.635. The lowest BCUT2D eigenvalue weighted by Crippen LogP contribution is -2.28. The minimum absolute atomic E-state index is 0.0419. The fourth-order valence-corrected chi connectivity index (χ4v) is 3.79. The van der Waals surface area contributed by atoms with Crippen molar-refractivity contribution in [3.05, 3.63) is 94.1 Å².